The van der Waals surface area contributed by atoms with Crippen LogP contribution < -0.4 is 4.74 Å². The van der Waals surface area contributed by atoms with E-state index in [4.69, 9.17) is 4.74 Å². The lowest BCUT2D eigenvalue weighted by Crippen LogP contribution is -2.59. The number of likely N-dealkylation sites (tertiary alicyclic amines) is 1. The van der Waals surface area contributed by atoms with Gasteiger partial charge >= 0.3 is 5.97 Å². The number of esters is 1. The molecule has 1 aromatic rings. The fourth-order valence-corrected chi connectivity index (χ4v) is 5.72. The Labute approximate surface area is 158 Å². The Morgan fingerprint density at radius 2 is 2.04 bits per heavy atom. The highest BCUT2D eigenvalue weighted by atomic mass is 16.5. The number of carbonyl (C=O) groups excluding carboxylic acids is 1. The Balaban J connectivity index is 1.68. The van der Waals surface area contributed by atoms with E-state index in [1.165, 1.54) is 49.8 Å². The number of hydrogen-bond acceptors (Lipinski definition) is 3. The lowest BCUT2D eigenvalue weighted by molar-refractivity contribution is -0.139. The third-order valence-corrected chi connectivity index (χ3v) is 7.68. The Kier molecular flexibility index (Phi) is 4.63. The van der Waals surface area contributed by atoms with Crippen molar-refractivity contribution >= 4 is 5.97 Å². The second-order valence-electron chi connectivity index (χ2n) is 9.28. The second-order valence-corrected chi connectivity index (χ2v) is 9.28. The number of likely N-dealkylation sites (N-methyl/N-ethyl adjacent to an activating group) is 1. The zero-order chi connectivity index (χ0) is 18.5. The van der Waals surface area contributed by atoms with Crippen molar-refractivity contribution in [3.05, 3.63) is 29.3 Å². The Bertz CT molecular complexity index is 697. The molecule has 1 aromatic carbocycles. The fourth-order valence-electron chi connectivity index (χ4n) is 5.72. The summed E-state index contributed by atoms with van der Waals surface area (Å²) in [4.78, 5) is 15.0. The maximum Gasteiger partial charge on any atom is 0.314 e. The van der Waals surface area contributed by atoms with Gasteiger partial charge in [0.1, 0.15) is 5.75 Å². The van der Waals surface area contributed by atoms with E-state index in [0.717, 1.165) is 18.1 Å². The van der Waals surface area contributed by atoms with E-state index >= 15 is 0 Å². The largest absolute Gasteiger partial charge is 0.426 e. The Morgan fingerprint density at radius 3 is 2.81 bits per heavy atom. The molecule has 2 aliphatic carbocycles. The highest BCUT2D eigenvalue weighted by Crippen LogP contribution is 2.55. The smallest absolute Gasteiger partial charge is 0.314 e. The number of nitrogens with zero attached hydrogens (tertiary/aromatic N) is 1. The molecule has 3 nitrogen and oxygen atoms in total. The molecule has 1 aliphatic heterocycles. The first-order chi connectivity index (χ1) is 12.4. The van der Waals surface area contributed by atoms with E-state index in [9.17, 15) is 4.79 Å². The van der Waals surface area contributed by atoms with E-state index in [-0.39, 0.29) is 11.9 Å². The third kappa shape index (κ3) is 2.79. The van der Waals surface area contributed by atoms with Gasteiger partial charge in [-0.1, -0.05) is 39.7 Å². The van der Waals surface area contributed by atoms with Gasteiger partial charge in [-0.05, 0) is 74.4 Å². The SMILES string of the molecule is CC(C)C(C)C(=O)Oc1ccc2c(c1)[C@]13CCCC[C@@H]1C(C2)N(C)CC3. The van der Waals surface area contributed by atoms with Crippen molar-refractivity contribution in [2.24, 2.45) is 17.8 Å². The Morgan fingerprint density at radius 1 is 1.23 bits per heavy atom. The van der Waals surface area contributed by atoms with Gasteiger partial charge in [-0.2, -0.15) is 0 Å². The lowest BCUT2D eigenvalue weighted by Gasteiger charge is -2.58. The van der Waals surface area contributed by atoms with Gasteiger partial charge in [0.25, 0.3) is 0 Å². The van der Waals surface area contributed by atoms with Gasteiger partial charge in [-0.15, -0.1) is 0 Å². The van der Waals surface area contributed by atoms with Gasteiger partial charge in [0.15, 0.2) is 0 Å². The predicted molar refractivity (Wildman–Crippen MR) is 104 cm³/mol. The van der Waals surface area contributed by atoms with Crippen LogP contribution in [0.2, 0.25) is 0 Å². The molecule has 142 valence electrons. The second kappa shape index (κ2) is 6.67. The number of hydrogen-bond donors (Lipinski definition) is 0. The minimum atomic E-state index is -0.102. The summed E-state index contributed by atoms with van der Waals surface area (Å²) in [6.07, 6.45) is 7.75. The molecule has 0 aromatic heterocycles. The molecule has 4 rings (SSSR count). The first-order valence-electron chi connectivity index (χ1n) is 10.5. The van der Waals surface area contributed by atoms with Crippen LogP contribution in [0.25, 0.3) is 0 Å². The van der Waals surface area contributed by atoms with Crippen LogP contribution in [0.3, 0.4) is 0 Å². The summed E-state index contributed by atoms with van der Waals surface area (Å²) in [5.41, 5.74) is 3.29. The number of rotatable bonds is 3. The first kappa shape index (κ1) is 18.0. The third-order valence-electron chi connectivity index (χ3n) is 7.68. The van der Waals surface area contributed by atoms with E-state index < -0.39 is 0 Å². The molecular formula is C23H33NO2. The van der Waals surface area contributed by atoms with E-state index in [0.29, 0.717) is 17.4 Å². The van der Waals surface area contributed by atoms with Crippen LogP contribution in [0.4, 0.5) is 0 Å². The molecule has 0 N–H and O–H groups in total. The molecule has 1 saturated heterocycles. The highest BCUT2D eigenvalue weighted by Gasteiger charge is 2.53. The van der Waals surface area contributed by atoms with Crippen LogP contribution in [-0.2, 0) is 16.6 Å². The number of piperidine rings is 1. The van der Waals surface area contributed by atoms with Gasteiger partial charge in [0.05, 0.1) is 5.92 Å². The summed E-state index contributed by atoms with van der Waals surface area (Å²) >= 11 is 0. The predicted octanol–water partition coefficient (Wildman–Crippen LogP) is 4.57. The minimum Gasteiger partial charge on any atom is -0.426 e. The molecule has 4 atom stereocenters. The molecule has 2 bridgehead atoms. The van der Waals surface area contributed by atoms with Crippen LogP contribution in [0, 0.1) is 17.8 Å². The average Bonchev–Trinajstić information content (AvgIpc) is 2.64. The maximum absolute atomic E-state index is 12.4. The molecule has 2 unspecified atom stereocenters. The Hall–Kier alpha value is -1.35. The zero-order valence-electron chi connectivity index (χ0n) is 16.8. The topological polar surface area (TPSA) is 29.5 Å². The van der Waals surface area contributed by atoms with Crippen LogP contribution in [0.1, 0.15) is 64.0 Å². The summed E-state index contributed by atoms with van der Waals surface area (Å²) in [5.74, 6) is 1.64. The molecule has 1 saturated carbocycles. The van der Waals surface area contributed by atoms with Crippen LogP contribution in [0.15, 0.2) is 18.2 Å². The van der Waals surface area contributed by atoms with Gasteiger partial charge in [0.2, 0.25) is 0 Å². The van der Waals surface area contributed by atoms with Crippen molar-refractivity contribution in [3.63, 3.8) is 0 Å². The van der Waals surface area contributed by atoms with Crippen molar-refractivity contribution in [2.75, 3.05) is 13.6 Å². The first-order valence-corrected chi connectivity index (χ1v) is 10.5. The molecule has 1 heterocycles. The molecule has 2 fully saturated rings. The summed E-state index contributed by atoms with van der Waals surface area (Å²) in [5, 5.41) is 0. The summed E-state index contributed by atoms with van der Waals surface area (Å²) < 4.78 is 5.79. The van der Waals surface area contributed by atoms with Gasteiger partial charge in [-0.3, -0.25) is 4.79 Å². The number of benzene rings is 1. The minimum absolute atomic E-state index is 0.0701. The zero-order valence-corrected chi connectivity index (χ0v) is 16.8. The standard InChI is InChI=1S/C23H33NO2/c1-15(2)16(3)22(25)26-18-9-8-17-13-21-19-7-5-6-10-23(19,20(17)14-18)11-12-24(21)4/h8-9,14-16,19,21H,5-7,10-13H2,1-4H3/t16?,19-,21?,23+/m1/s1. The van der Waals surface area contributed by atoms with Gasteiger partial charge in [-0.25, -0.2) is 0 Å². The molecule has 0 radical (unpaired) electrons. The quantitative estimate of drug-likeness (QED) is 0.587. The van der Waals surface area contributed by atoms with Crippen molar-refractivity contribution in [2.45, 2.75) is 70.8 Å². The van der Waals surface area contributed by atoms with Crippen LogP contribution >= 0.6 is 0 Å². The van der Waals surface area contributed by atoms with Crippen molar-refractivity contribution in [1.29, 1.82) is 0 Å². The van der Waals surface area contributed by atoms with Gasteiger partial charge < -0.3 is 9.64 Å². The highest BCUT2D eigenvalue weighted by molar-refractivity contribution is 5.75. The summed E-state index contributed by atoms with van der Waals surface area (Å²) in [7, 11) is 2.30. The van der Waals surface area contributed by atoms with Crippen molar-refractivity contribution in [3.8, 4) is 5.75 Å². The molecule has 26 heavy (non-hydrogen) atoms. The van der Waals surface area contributed by atoms with Gasteiger partial charge in [0, 0.05) is 11.5 Å². The lowest BCUT2D eigenvalue weighted by atomic mass is 9.52. The molecular weight excluding hydrogens is 322 g/mol. The number of ether oxygens (including phenoxy) is 1. The molecule has 3 aliphatic rings. The van der Waals surface area contributed by atoms with Crippen molar-refractivity contribution < 1.29 is 9.53 Å². The molecule has 0 amide bonds. The van der Waals surface area contributed by atoms with E-state index in [1.54, 1.807) is 0 Å². The monoisotopic (exact) mass is 355 g/mol. The molecule has 3 heteroatoms. The van der Waals surface area contributed by atoms with E-state index in [2.05, 4.69) is 37.9 Å². The van der Waals surface area contributed by atoms with E-state index in [1.807, 2.05) is 13.0 Å². The maximum atomic E-state index is 12.4. The number of fused-ring (bicyclic) bond motifs is 1. The summed E-state index contributed by atoms with van der Waals surface area (Å²) in [6, 6.07) is 7.15. The summed E-state index contributed by atoms with van der Waals surface area (Å²) in [6.45, 7) is 7.30. The van der Waals surface area contributed by atoms with Crippen LogP contribution in [-0.4, -0.2) is 30.5 Å². The number of carbonyl (C=O) groups is 1. The molecule has 0 spiro atoms. The van der Waals surface area contributed by atoms with Crippen LogP contribution in [0.5, 0.6) is 5.75 Å². The van der Waals surface area contributed by atoms with Crippen molar-refractivity contribution in [1.82, 2.24) is 4.90 Å². The fraction of sp³-hybridized carbons (Fsp3) is 0.696. The normalized spacial score (nSPS) is 31.9. The average molecular weight is 356 g/mol.